The average Bonchev–Trinajstić information content (AvgIpc) is 3.91. The molecular weight excluding hydrogens is 709 g/mol. The lowest BCUT2D eigenvalue weighted by atomic mass is 9.59. The lowest BCUT2D eigenvalue weighted by Crippen LogP contribution is -2.48. The number of esters is 1. The molecule has 0 bridgehead atoms. The predicted molar refractivity (Wildman–Crippen MR) is 223 cm³/mol. The zero-order valence-electron chi connectivity index (χ0n) is 33.2. The molecule has 1 aromatic heterocycles. The van der Waals surface area contributed by atoms with Gasteiger partial charge in [0.15, 0.2) is 5.69 Å². The Labute approximate surface area is 335 Å². The van der Waals surface area contributed by atoms with Crippen LogP contribution in [0.5, 0.6) is 0 Å². The van der Waals surface area contributed by atoms with E-state index in [-0.39, 0.29) is 6.61 Å². The Hall–Kier alpha value is -6.06. The number of carbonyl (C=O) groups excluding carboxylic acids is 1. The number of aryl methyl sites for hydroxylation is 1. The summed E-state index contributed by atoms with van der Waals surface area (Å²) in [6.07, 6.45) is 3.40. The van der Waals surface area contributed by atoms with Crippen molar-refractivity contribution in [3.8, 4) is 11.1 Å². The van der Waals surface area contributed by atoms with Gasteiger partial charge in [0, 0.05) is 18.5 Å². The summed E-state index contributed by atoms with van der Waals surface area (Å²) in [6, 6.07) is 47.7. The predicted octanol–water partition coefficient (Wildman–Crippen LogP) is 11.1. The number of hydrogen-bond acceptors (Lipinski definition) is 8. The molecule has 0 saturated heterocycles. The van der Waals surface area contributed by atoms with Gasteiger partial charge in [0.05, 0.1) is 12.0 Å². The van der Waals surface area contributed by atoms with Crippen molar-refractivity contribution >= 4 is 5.97 Å². The minimum atomic E-state index is -1.32. The Kier molecular flexibility index (Phi) is 11.7. The van der Waals surface area contributed by atoms with Gasteiger partial charge in [-0.1, -0.05) is 167 Å². The van der Waals surface area contributed by atoms with Crippen molar-refractivity contribution in [2.45, 2.75) is 83.0 Å². The third-order valence-electron chi connectivity index (χ3n) is 11.4. The Morgan fingerprint density at radius 1 is 0.702 bits per heavy atom. The van der Waals surface area contributed by atoms with Crippen molar-refractivity contribution in [2.75, 3.05) is 6.61 Å². The first-order valence-corrected chi connectivity index (χ1v) is 20.1. The van der Waals surface area contributed by atoms with Crippen molar-refractivity contribution in [1.29, 1.82) is 0 Å². The first-order valence-electron chi connectivity index (χ1n) is 20.1. The zero-order valence-corrected chi connectivity index (χ0v) is 33.2. The number of rotatable bonds is 16. The molecule has 7 rings (SSSR count). The summed E-state index contributed by atoms with van der Waals surface area (Å²) in [7, 11) is 0. The smallest absolute Gasteiger partial charge is 0.357 e. The van der Waals surface area contributed by atoms with E-state index in [9.17, 15) is 9.90 Å². The van der Waals surface area contributed by atoms with E-state index in [4.69, 9.17) is 19.9 Å². The molecular formula is C48H50N6O3. The molecule has 0 unspecified atom stereocenters. The molecule has 0 spiro atoms. The number of unbranched alkanes of at least 4 members (excludes halogenated alkanes) is 1. The lowest BCUT2D eigenvalue weighted by Gasteiger charge is -2.45. The van der Waals surface area contributed by atoms with Crippen molar-refractivity contribution in [3.05, 3.63) is 185 Å². The molecule has 0 atom stereocenters. The van der Waals surface area contributed by atoms with Crippen LogP contribution >= 0.6 is 0 Å². The average molecular weight is 759 g/mol. The van der Waals surface area contributed by atoms with Crippen LogP contribution in [0.4, 0.5) is 0 Å². The van der Waals surface area contributed by atoms with Crippen LogP contribution in [0.1, 0.15) is 103 Å². The van der Waals surface area contributed by atoms with E-state index in [1.54, 1.807) is 6.92 Å². The highest BCUT2D eigenvalue weighted by Gasteiger charge is 2.60. The van der Waals surface area contributed by atoms with Crippen LogP contribution in [0.2, 0.25) is 0 Å². The highest BCUT2D eigenvalue weighted by atomic mass is 16.5. The van der Waals surface area contributed by atoms with Gasteiger partial charge >= 0.3 is 5.97 Å². The van der Waals surface area contributed by atoms with E-state index in [2.05, 4.69) is 90.2 Å². The number of benzene rings is 5. The van der Waals surface area contributed by atoms with E-state index in [1.807, 2.05) is 85.1 Å². The standard InChI is InChI=1S/C48H50N6O3/c1-5-9-29-42-49-44(46(56,6-2)7-3)43(45(55)57-8-4)54(42)34-35-30-32-36(33-31-35)40-27-19-20-28-41(40)48(50-52-53-51-48)47(37-21-13-10-14-22-37,38-23-15-11-16-24-38)39-25-17-12-18-26-39/h10-28,30-33,56H,5-9,29,34H2,1-4H3. The number of imidazole rings is 1. The summed E-state index contributed by atoms with van der Waals surface area (Å²) in [6.45, 7) is 8.37. The molecule has 57 heavy (non-hydrogen) atoms. The number of nitrogens with zero attached hydrogens (tertiary/aromatic N) is 6. The normalized spacial score (nSPS) is 13.6. The van der Waals surface area contributed by atoms with E-state index in [0.717, 1.165) is 57.6 Å². The first-order chi connectivity index (χ1) is 27.9. The lowest BCUT2D eigenvalue weighted by molar-refractivity contribution is 0.0204. The SMILES string of the molecule is CCCCc1nc(C(O)(CC)CC)c(C(=O)OCC)n1Cc1ccc(-c2ccccc2C2(C(c3ccccc3)(c3ccccc3)c3ccccc3)N=NN=N2)cc1. The molecule has 0 aliphatic carbocycles. The Balaban J connectivity index is 1.38. The fourth-order valence-corrected chi connectivity index (χ4v) is 8.34. The molecule has 9 nitrogen and oxygen atoms in total. The molecule has 9 heteroatoms. The molecule has 5 aromatic carbocycles. The second kappa shape index (κ2) is 17.0. The minimum absolute atomic E-state index is 0.221. The maximum absolute atomic E-state index is 13.6. The zero-order chi connectivity index (χ0) is 39.9. The van der Waals surface area contributed by atoms with Crippen LogP contribution in [0.3, 0.4) is 0 Å². The van der Waals surface area contributed by atoms with Gasteiger partial charge in [0.25, 0.3) is 0 Å². The quantitative estimate of drug-likeness (QED) is 0.0781. The first kappa shape index (κ1) is 39.2. The fourth-order valence-electron chi connectivity index (χ4n) is 8.34. The number of ether oxygens (including phenoxy) is 1. The van der Waals surface area contributed by atoms with Gasteiger partial charge in [-0.25, -0.2) is 9.78 Å². The molecule has 1 aliphatic rings. The summed E-state index contributed by atoms with van der Waals surface area (Å²) < 4.78 is 7.53. The van der Waals surface area contributed by atoms with Gasteiger partial charge in [-0.2, -0.15) is 0 Å². The molecule has 1 N–H and O–H groups in total. The number of hydrogen-bond donors (Lipinski definition) is 1. The van der Waals surface area contributed by atoms with Crippen LogP contribution in [0.25, 0.3) is 11.1 Å². The van der Waals surface area contributed by atoms with Crippen LogP contribution < -0.4 is 0 Å². The molecule has 1 aliphatic heterocycles. The minimum Gasteiger partial charge on any atom is -0.461 e. The van der Waals surface area contributed by atoms with Gasteiger partial charge < -0.3 is 14.4 Å². The Morgan fingerprint density at radius 2 is 1.23 bits per heavy atom. The van der Waals surface area contributed by atoms with Crippen LogP contribution in [-0.2, 0) is 34.4 Å². The van der Waals surface area contributed by atoms with Crippen molar-refractivity contribution in [2.24, 2.45) is 20.7 Å². The number of aromatic nitrogens is 2. The highest BCUT2D eigenvalue weighted by Crippen LogP contribution is 2.58. The second-order valence-electron chi connectivity index (χ2n) is 14.5. The van der Waals surface area contributed by atoms with Gasteiger partial charge in [-0.3, -0.25) is 0 Å². The summed E-state index contributed by atoms with van der Waals surface area (Å²) in [4.78, 5) is 18.6. The van der Waals surface area contributed by atoms with E-state index >= 15 is 0 Å². The summed E-state index contributed by atoms with van der Waals surface area (Å²) >= 11 is 0. The topological polar surface area (TPSA) is 114 Å². The Morgan fingerprint density at radius 3 is 1.74 bits per heavy atom. The van der Waals surface area contributed by atoms with E-state index < -0.39 is 22.6 Å². The van der Waals surface area contributed by atoms with Gasteiger partial charge in [-0.15, -0.1) is 10.2 Å². The molecule has 290 valence electrons. The number of aliphatic hydroxyl groups is 1. The van der Waals surface area contributed by atoms with E-state index in [0.29, 0.717) is 37.2 Å². The molecule has 0 saturated carbocycles. The van der Waals surface area contributed by atoms with Crippen molar-refractivity contribution in [1.82, 2.24) is 9.55 Å². The van der Waals surface area contributed by atoms with E-state index in [1.165, 1.54) is 0 Å². The summed E-state index contributed by atoms with van der Waals surface area (Å²) in [5, 5.41) is 30.3. The molecule has 0 amide bonds. The van der Waals surface area contributed by atoms with Gasteiger partial charge in [0.1, 0.15) is 17.1 Å². The van der Waals surface area contributed by atoms with Crippen LogP contribution in [0.15, 0.2) is 160 Å². The fraction of sp³-hybridized carbons (Fsp3) is 0.292. The maximum Gasteiger partial charge on any atom is 0.357 e. The van der Waals surface area contributed by atoms with Crippen LogP contribution in [-0.4, -0.2) is 27.2 Å². The third-order valence-corrected chi connectivity index (χ3v) is 11.4. The number of carbonyl (C=O) groups is 1. The Bertz CT molecular complexity index is 2220. The summed E-state index contributed by atoms with van der Waals surface area (Å²) in [5.41, 5.74) is 3.91. The third kappa shape index (κ3) is 7.01. The molecule has 0 fully saturated rings. The van der Waals surface area contributed by atoms with Gasteiger partial charge in [0.2, 0.25) is 5.66 Å². The maximum atomic E-state index is 13.6. The summed E-state index contributed by atoms with van der Waals surface area (Å²) in [5.74, 6) is 0.292. The van der Waals surface area contributed by atoms with Crippen molar-refractivity contribution in [3.63, 3.8) is 0 Å². The largest absolute Gasteiger partial charge is 0.461 e. The van der Waals surface area contributed by atoms with Crippen LogP contribution in [0, 0.1) is 0 Å². The second-order valence-corrected chi connectivity index (χ2v) is 14.5. The van der Waals surface area contributed by atoms with Gasteiger partial charge in [-0.05, 0) is 70.0 Å². The van der Waals surface area contributed by atoms with Crippen molar-refractivity contribution < 1.29 is 14.6 Å². The molecule has 6 aromatic rings. The molecule has 0 radical (unpaired) electrons. The molecule has 2 heterocycles. The monoisotopic (exact) mass is 758 g/mol. The highest BCUT2D eigenvalue weighted by molar-refractivity contribution is 5.89.